The predicted molar refractivity (Wildman–Crippen MR) is 89.0 cm³/mol. The molecule has 1 unspecified atom stereocenters. The highest BCUT2D eigenvalue weighted by molar-refractivity contribution is 5.99. The molecule has 0 bridgehead atoms. The Labute approximate surface area is 141 Å². The van der Waals surface area contributed by atoms with Gasteiger partial charge in [-0.15, -0.1) is 10.2 Å². The average molecular weight is 330 g/mol. The van der Waals surface area contributed by atoms with Crippen molar-refractivity contribution in [3.63, 3.8) is 0 Å². The quantitative estimate of drug-likeness (QED) is 0.927. The summed E-state index contributed by atoms with van der Waals surface area (Å²) in [5.41, 5.74) is 1.46. The van der Waals surface area contributed by atoms with Gasteiger partial charge in [-0.05, 0) is 12.1 Å². The molecule has 2 aromatic rings. The number of aromatic nitrogens is 2. The molecule has 1 aliphatic heterocycles. The van der Waals surface area contributed by atoms with Gasteiger partial charge >= 0.3 is 0 Å². The summed E-state index contributed by atoms with van der Waals surface area (Å²) in [6, 6.07) is 7.47. The Morgan fingerprint density at radius 1 is 1.33 bits per heavy atom. The lowest BCUT2D eigenvalue weighted by molar-refractivity contribution is -0.0350. The van der Waals surface area contributed by atoms with Crippen LogP contribution in [0.25, 0.3) is 0 Å². The second-order valence-corrected chi connectivity index (χ2v) is 6.04. The van der Waals surface area contributed by atoms with Crippen LogP contribution < -0.4 is 5.32 Å². The molecule has 1 N–H and O–H groups in total. The molecule has 0 radical (unpaired) electrons. The minimum atomic E-state index is -0.385. The summed E-state index contributed by atoms with van der Waals surface area (Å²) in [6.07, 6.45) is -0.385. The molecular formula is C17H22N4O3. The average Bonchev–Trinajstić information content (AvgIpc) is 3.11. The number of para-hydroxylation sites is 1. The third kappa shape index (κ3) is 3.26. The Bertz CT molecular complexity index is 713. The Kier molecular flexibility index (Phi) is 4.80. The lowest BCUT2D eigenvalue weighted by atomic mass is 10.1. The van der Waals surface area contributed by atoms with Crippen LogP contribution in [0.4, 0.5) is 5.69 Å². The van der Waals surface area contributed by atoms with E-state index in [1.807, 2.05) is 38.1 Å². The second kappa shape index (κ2) is 7.00. The molecule has 1 aliphatic rings. The van der Waals surface area contributed by atoms with Crippen LogP contribution in [0.1, 0.15) is 48.0 Å². The summed E-state index contributed by atoms with van der Waals surface area (Å²) >= 11 is 0. The van der Waals surface area contributed by atoms with Crippen molar-refractivity contribution >= 4 is 11.6 Å². The van der Waals surface area contributed by atoms with E-state index in [2.05, 4.69) is 15.5 Å². The number of nitrogens with one attached hydrogen (secondary N) is 1. The van der Waals surface area contributed by atoms with E-state index in [1.54, 1.807) is 11.9 Å². The second-order valence-electron chi connectivity index (χ2n) is 6.04. The maximum absolute atomic E-state index is 12.8. The van der Waals surface area contributed by atoms with Gasteiger partial charge in [0, 0.05) is 25.2 Å². The number of anilines is 1. The normalized spacial score (nSPS) is 18.0. The van der Waals surface area contributed by atoms with E-state index in [9.17, 15) is 4.79 Å². The molecule has 0 aliphatic carbocycles. The monoisotopic (exact) mass is 330 g/mol. The molecule has 1 atom stereocenters. The summed E-state index contributed by atoms with van der Waals surface area (Å²) in [5, 5.41) is 11.2. The summed E-state index contributed by atoms with van der Waals surface area (Å²) < 4.78 is 11.4. The standard InChI is InChI=1S/C17H22N4O3/c1-11(2)15-19-20-16(24-15)14-10-21(8-9-23-14)17(22)12-6-4-5-7-13(12)18-3/h4-7,11,14,18H,8-10H2,1-3H3. The molecular weight excluding hydrogens is 308 g/mol. The van der Waals surface area contributed by atoms with Crippen LogP contribution >= 0.6 is 0 Å². The SMILES string of the molecule is CNc1ccccc1C(=O)N1CCOC(c2nnc(C(C)C)o2)C1. The van der Waals surface area contributed by atoms with Gasteiger partial charge in [0.2, 0.25) is 11.8 Å². The van der Waals surface area contributed by atoms with Crippen molar-refractivity contribution in [2.75, 3.05) is 32.1 Å². The van der Waals surface area contributed by atoms with E-state index in [-0.39, 0.29) is 17.9 Å². The van der Waals surface area contributed by atoms with Gasteiger partial charge in [0.05, 0.1) is 18.7 Å². The minimum absolute atomic E-state index is 0.0307. The molecule has 3 rings (SSSR count). The van der Waals surface area contributed by atoms with Crippen LogP contribution in [0, 0.1) is 0 Å². The fourth-order valence-electron chi connectivity index (χ4n) is 2.65. The summed E-state index contributed by atoms with van der Waals surface area (Å²) in [5.74, 6) is 1.14. The van der Waals surface area contributed by atoms with Crippen molar-refractivity contribution in [3.05, 3.63) is 41.6 Å². The maximum Gasteiger partial charge on any atom is 0.256 e. The number of amides is 1. The molecule has 2 heterocycles. The molecule has 0 saturated carbocycles. The topological polar surface area (TPSA) is 80.5 Å². The first-order valence-electron chi connectivity index (χ1n) is 8.11. The molecule has 7 heteroatoms. The summed E-state index contributed by atoms with van der Waals surface area (Å²) in [4.78, 5) is 14.6. The molecule has 1 saturated heterocycles. The number of carbonyl (C=O) groups is 1. The largest absolute Gasteiger partial charge is 0.422 e. The van der Waals surface area contributed by atoms with E-state index < -0.39 is 0 Å². The van der Waals surface area contributed by atoms with Gasteiger partial charge < -0.3 is 19.4 Å². The fourth-order valence-corrected chi connectivity index (χ4v) is 2.65. The van der Waals surface area contributed by atoms with Gasteiger partial charge in [0.15, 0.2) is 6.10 Å². The number of benzene rings is 1. The first-order valence-corrected chi connectivity index (χ1v) is 8.11. The van der Waals surface area contributed by atoms with Crippen LogP contribution in [-0.4, -0.2) is 47.7 Å². The van der Waals surface area contributed by atoms with Crippen LogP contribution in [0.2, 0.25) is 0 Å². The zero-order valence-electron chi connectivity index (χ0n) is 14.2. The van der Waals surface area contributed by atoms with Gasteiger partial charge in [-0.2, -0.15) is 0 Å². The molecule has 1 aromatic carbocycles. The van der Waals surface area contributed by atoms with Crippen molar-refractivity contribution in [2.45, 2.75) is 25.9 Å². The smallest absolute Gasteiger partial charge is 0.256 e. The summed E-state index contributed by atoms with van der Waals surface area (Å²) in [6.45, 7) is 5.36. The first kappa shape index (κ1) is 16.4. The first-order chi connectivity index (χ1) is 11.6. The Hall–Kier alpha value is -2.41. The molecule has 24 heavy (non-hydrogen) atoms. The Balaban J connectivity index is 1.76. The highest BCUT2D eigenvalue weighted by Gasteiger charge is 2.30. The Morgan fingerprint density at radius 2 is 2.12 bits per heavy atom. The number of rotatable bonds is 4. The molecule has 7 nitrogen and oxygen atoms in total. The van der Waals surface area contributed by atoms with Gasteiger partial charge in [0.25, 0.3) is 5.91 Å². The minimum Gasteiger partial charge on any atom is -0.422 e. The van der Waals surface area contributed by atoms with Crippen molar-refractivity contribution in [2.24, 2.45) is 0 Å². The lowest BCUT2D eigenvalue weighted by Crippen LogP contribution is -2.42. The van der Waals surface area contributed by atoms with Gasteiger partial charge in [-0.1, -0.05) is 26.0 Å². The maximum atomic E-state index is 12.8. The number of morpholine rings is 1. The zero-order chi connectivity index (χ0) is 17.1. The predicted octanol–water partition coefficient (Wildman–Crippen LogP) is 2.45. The zero-order valence-corrected chi connectivity index (χ0v) is 14.2. The van der Waals surface area contributed by atoms with E-state index >= 15 is 0 Å². The van der Waals surface area contributed by atoms with Crippen LogP contribution in [-0.2, 0) is 4.74 Å². The van der Waals surface area contributed by atoms with E-state index in [0.29, 0.717) is 37.0 Å². The van der Waals surface area contributed by atoms with E-state index in [1.165, 1.54) is 0 Å². The number of nitrogens with zero attached hydrogens (tertiary/aromatic N) is 3. The highest BCUT2D eigenvalue weighted by Crippen LogP contribution is 2.25. The molecule has 1 amide bonds. The molecule has 128 valence electrons. The van der Waals surface area contributed by atoms with Crippen LogP contribution in [0.15, 0.2) is 28.7 Å². The number of hydrogen-bond acceptors (Lipinski definition) is 6. The third-order valence-electron chi connectivity index (χ3n) is 4.01. The summed E-state index contributed by atoms with van der Waals surface area (Å²) in [7, 11) is 1.81. The third-order valence-corrected chi connectivity index (χ3v) is 4.01. The molecule has 1 fully saturated rings. The molecule has 0 spiro atoms. The highest BCUT2D eigenvalue weighted by atomic mass is 16.5. The number of ether oxygens (including phenoxy) is 1. The van der Waals surface area contributed by atoms with Crippen LogP contribution in [0.5, 0.6) is 0 Å². The van der Waals surface area contributed by atoms with Gasteiger partial charge in [-0.25, -0.2) is 0 Å². The number of carbonyl (C=O) groups excluding carboxylic acids is 1. The van der Waals surface area contributed by atoms with E-state index in [0.717, 1.165) is 5.69 Å². The van der Waals surface area contributed by atoms with Gasteiger partial charge in [-0.3, -0.25) is 4.79 Å². The van der Waals surface area contributed by atoms with E-state index in [4.69, 9.17) is 9.15 Å². The van der Waals surface area contributed by atoms with Crippen molar-refractivity contribution in [3.8, 4) is 0 Å². The number of hydrogen-bond donors (Lipinski definition) is 1. The van der Waals surface area contributed by atoms with Gasteiger partial charge in [0.1, 0.15) is 0 Å². The van der Waals surface area contributed by atoms with Crippen molar-refractivity contribution < 1.29 is 13.9 Å². The fraction of sp³-hybridized carbons (Fsp3) is 0.471. The Morgan fingerprint density at radius 3 is 2.83 bits per heavy atom. The van der Waals surface area contributed by atoms with Crippen molar-refractivity contribution in [1.82, 2.24) is 15.1 Å². The lowest BCUT2D eigenvalue weighted by Gasteiger charge is -2.31. The van der Waals surface area contributed by atoms with Crippen molar-refractivity contribution in [1.29, 1.82) is 0 Å². The van der Waals surface area contributed by atoms with Crippen LogP contribution in [0.3, 0.4) is 0 Å². The molecule has 1 aromatic heterocycles.